The summed E-state index contributed by atoms with van der Waals surface area (Å²) >= 11 is 0. The number of unbranched alkanes of at least 4 members (excludes halogenated alkanes) is 1. The summed E-state index contributed by atoms with van der Waals surface area (Å²) in [5, 5.41) is 40.4. The van der Waals surface area contributed by atoms with Crippen LogP contribution in [0.2, 0.25) is 0 Å². The van der Waals surface area contributed by atoms with E-state index < -0.39 is 150 Å². The molecule has 19 N–H and O–H groups in total. The van der Waals surface area contributed by atoms with Gasteiger partial charge in [0.2, 0.25) is 41.4 Å². The second-order valence-corrected chi connectivity index (χ2v) is 23.3. The van der Waals surface area contributed by atoms with E-state index in [1.807, 2.05) is 13.8 Å². The molecule has 1 aliphatic heterocycles. The van der Waals surface area contributed by atoms with Crippen LogP contribution < -0.4 is 65.9 Å². The van der Waals surface area contributed by atoms with Gasteiger partial charge in [-0.1, -0.05) is 77.3 Å². The molecule has 1 aliphatic rings. The van der Waals surface area contributed by atoms with Gasteiger partial charge in [-0.25, -0.2) is 0 Å². The van der Waals surface area contributed by atoms with Crippen LogP contribution in [0.25, 0.3) is 0 Å². The summed E-state index contributed by atoms with van der Waals surface area (Å²) in [7, 11) is 0. The fourth-order valence-corrected chi connectivity index (χ4v) is 10.2. The van der Waals surface area contributed by atoms with Crippen LogP contribution in [0.1, 0.15) is 150 Å². The molecule has 7 amide bonds. The van der Waals surface area contributed by atoms with Crippen LogP contribution >= 0.6 is 0 Å². The van der Waals surface area contributed by atoms with E-state index in [4.69, 9.17) is 28.7 Å². The number of amides is 7. The second-order valence-electron chi connectivity index (χ2n) is 23.3. The van der Waals surface area contributed by atoms with Gasteiger partial charge in [-0.15, -0.1) is 0 Å². The molecule has 25 nitrogen and oxygen atoms in total. The van der Waals surface area contributed by atoms with Gasteiger partial charge in [0.15, 0.2) is 17.3 Å². The third-order valence-electron chi connectivity index (χ3n) is 15.5. The maximum absolute atomic E-state index is 14.7. The molecule has 480 valence electrons. The normalized spacial score (nSPS) is 23.2. The minimum atomic E-state index is -1.53. The van der Waals surface area contributed by atoms with Gasteiger partial charge in [0.05, 0.1) is 30.2 Å². The van der Waals surface area contributed by atoms with E-state index in [-0.39, 0.29) is 115 Å². The second kappa shape index (κ2) is 40.3. The standard InChI is InChI=1S/C60H102N12O13/c1-7-36(4)13-11-12-16-43(75)31-40(17-23-61)56(81)72-53(38(6)74)52(78)33-42(19-25-63)54(79)67-46-22-28-66-57(82)44(37(5)73)34-51(77)45(20-26-64)68-58(83)47(21-27-65)69-59(84)48(29-35(2)3)71-60(85)49(30-39-14-9-8-10-15-39)70-55(80)41(18-24-62)32-50(46)76/h8-10,14-15,35-38,40-42,44-49,53,73-74H,7,11-13,16-34,61-65H2,1-6H3,(H,66,82)(H,67,79)(H,68,83)(H,69,84)(H,70,80)(H,71,85)(H,72,81)/t36?,37?,38?,40-,41-,42-,44+,45+,46?,47?,48+,49-,53+/m1/s1. The fourth-order valence-electron chi connectivity index (χ4n) is 10.2. The average molecular weight is 1200 g/mol. The highest BCUT2D eigenvalue weighted by Crippen LogP contribution is 2.21. The number of rotatable bonds is 31. The highest BCUT2D eigenvalue weighted by Gasteiger charge is 2.38. The van der Waals surface area contributed by atoms with Crippen LogP contribution in [-0.2, 0) is 59.2 Å². The molecular weight excluding hydrogens is 1100 g/mol. The molecule has 5 unspecified atom stereocenters. The lowest BCUT2D eigenvalue weighted by Gasteiger charge is -2.28. The number of nitrogens with two attached hydrogens (primary N) is 5. The van der Waals surface area contributed by atoms with Crippen molar-refractivity contribution in [3.8, 4) is 0 Å². The first kappa shape index (κ1) is 75.0. The maximum atomic E-state index is 14.7. The van der Waals surface area contributed by atoms with Crippen molar-refractivity contribution >= 4 is 64.5 Å². The van der Waals surface area contributed by atoms with E-state index in [1.54, 1.807) is 30.3 Å². The first-order valence-electron chi connectivity index (χ1n) is 30.4. The molecule has 2 rings (SSSR count). The lowest BCUT2D eigenvalue weighted by atomic mass is 9.90. The molecule has 85 heavy (non-hydrogen) atoms. The Balaban J connectivity index is 2.67. The van der Waals surface area contributed by atoms with Crippen LogP contribution in [-0.4, -0.2) is 162 Å². The third kappa shape index (κ3) is 27.4. The van der Waals surface area contributed by atoms with Gasteiger partial charge in [-0.2, -0.15) is 0 Å². The molecule has 0 aromatic heterocycles. The summed E-state index contributed by atoms with van der Waals surface area (Å²) in [6, 6.07) is 0.436. The molecule has 1 aromatic carbocycles. The molecule has 1 heterocycles. The zero-order valence-electron chi connectivity index (χ0n) is 51.0. The summed E-state index contributed by atoms with van der Waals surface area (Å²) in [4.78, 5) is 155. The van der Waals surface area contributed by atoms with Gasteiger partial charge in [0, 0.05) is 62.8 Å². The monoisotopic (exact) mass is 1200 g/mol. The number of hydrogen-bond donors (Lipinski definition) is 14. The molecule has 1 fully saturated rings. The van der Waals surface area contributed by atoms with Crippen molar-refractivity contribution in [2.45, 2.75) is 199 Å². The first-order valence-corrected chi connectivity index (χ1v) is 30.4. The Morgan fingerprint density at radius 1 is 0.624 bits per heavy atom. The largest absolute Gasteiger partial charge is 0.393 e. The summed E-state index contributed by atoms with van der Waals surface area (Å²) in [6.07, 6.45) is -1.63. The zero-order chi connectivity index (χ0) is 63.8. The van der Waals surface area contributed by atoms with Crippen molar-refractivity contribution < 1.29 is 63.0 Å². The van der Waals surface area contributed by atoms with Gasteiger partial charge >= 0.3 is 0 Å². The minimum Gasteiger partial charge on any atom is -0.393 e. The minimum absolute atomic E-state index is 0.0622. The Kier molecular flexibility index (Phi) is 35.6. The van der Waals surface area contributed by atoms with E-state index in [0.29, 0.717) is 17.9 Å². The SMILES string of the molecule is CCC(C)CCCCC(=O)C[C@@H](CCN)C(=O)N[C@H](C(=O)C[C@@H](CCN)C(=O)NC1CCNC(=O)[C@H](C(C)O)CC(=O)[C@H](CCN)NC(=O)C(CCN)NC(=O)[C@H](CC(C)C)NC(=O)[C@@H](Cc2ccccc2)NC(=O)[C@H](CCN)CC1=O)C(C)O. The van der Waals surface area contributed by atoms with Gasteiger partial charge in [0.1, 0.15) is 30.0 Å². The van der Waals surface area contributed by atoms with Crippen LogP contribution in [0.3, 0.4) is 0 Å². The lowest BCUT2D eigenvalue weighted by molar-refractivity contribution is -0.137. The number of carbonyl (C=O) groups is 11. The van der Waals surface area contributed by atoms with Crippen molar-refractivity contribution in [3.63, 3.8) is 0 Å². The quantitative estimate of drug-likeness (QED) is 0.0401. The zero-order valence-corrected chi connectivity index (χ0v) is 51.0. The first-order chi connectivity index (χ1) is 40.3. The van der Waals surface area contributed by atoms with Crippen LogP contribution in [0.5, 0.6) is 0 Å². The van der Waals surface area contributed by atoms with Crippen LogP contribution in [0.15, 0.2) is 30.3 Å². The van der Waals surface area contributed by atoms with Crippen molar-refractivity contribution in [2.75, 3.05) is 39.3 Å². The number of nitrogens with one attached hydrogen (secondary N) is 7. The Hall–Kier alpha value is -6.09. The van der Waals surface area contributed by atoms with E-state index in [2.05, 4.69) is 51.1 Å². The smallest absolute Gasteiger partial charge is 0.243 e. The molecule has 0 saturated carbocycles. The van der Waals surface area contributed by atoms with Crippen molar-refractivity contribution in [2.24, 2.45) is 64.2 Å². The molecule has 0 aliphatic carbocycles. The van der Waals surface area contributed by atoms with Gasteiger partial charge < -0.3 is 76.1 Å². The highest BCUT2D eigenvalue weighted by atomic mass is 16.3. The number of hydrogen-bond acceptors (Lipinski definition) is 18. The number of Topliss-reactive ketones (excluding diaryl/α,β-unsaturated/α-hetero) is 4. The highest BCUT2D eigenvalue weighted by molar-refractivity contribution is 5.99. The molecule has 0 spiro atoms. The number of ketones is 4. The van der Waals surface area contributed by atoms with Crippen LogP contribution in [0, 0.1) is 35.5 Å². The topological polar surface area (TPSA) is 443 Å². The Bertz CT molecular complexity index is 2310. The molecular formula is C60H102N12O13. The maximum Gasteiger partial charge on any atom is 0.243 e. The molecule has 1 aromatic rings. The molecule has 1 saturated heterocycles. The molecule has 0 bridgehead atoms. The summed E-state index contributed by atoms with van der Waals surface area (Å²) < 4.78 is 0. The molecule has 25 heteroatoms. The average Bonchev–Trinajstić information content (AvgIpc) is 3.67. The van der Waals surface area contributed by atoms with Crippen LogP contribution in [0.4, 0.5) is 0 Å². The summed E-state index contributed by atoms with van der Waals surface area (Å²) in [5.74, 6) is -12.3. The number of carbonyl (C=O) groups excluding carboxylic acids is 11. The summed E-state index contributed by atoms with van der Waals surface area (Å²) in [6.45, 7) is 9.70. The summed E-state index contributed by atoms with van der Waals surface area (Å²) in [5.41, 5.74) is 30.2. The van der Waals surface area contributed by atoms with E-state index in [0.717, 1.165) is 19.3 Å². The lowest BCUT2D eigenvalue weighted by Crippen LogP contribution is -2.59. The van der Waals surface area contributed by atoms with E-state index in [9.17, 15) is 63.0 Å². The number of aliphatic hydroxyl groups is 2. The number of benzene rings is 1. The Morgan fingerprint density at radius 3 is 1.76 bits per heavy atom. The van der Waals surface area contributed by atoms with Gasteiger partial charge in [-0.3, -0.25) is 52.7 Å². The predicted octanol–water partition coefficient (Wildman–Crippen LogP) is -0.882. The molecule has 13 atom stereocenters. The van der Waals surface area contributed by atoms with Crippen molar-refractivity contribution in [1.82, 2.24) is 37.2 Å². The fraction of sp³-hybridized carbons (Fsp3) is 0.717. The third-order valence-corrected chi connectivity index (χ3v) is 15.5. The van der Waals surface area contributed by atoms with E-state index >= 15 is 0 Å². The predicted molar refractivity (Wildman–Crippen MR) is 321 cm³/mol. The van der Waals surface area contributed by atoms with Crippen molar-refractivity contribution in [1.29, 1.82) is 0 Å². The van der Waals surface area contributed by atoms with Crippen molar-refractivity contribution in [3.05, 3.63) is 35.9 Å². The molecule has 0 radical (unpaired) electrons. The van der Waals surface area contributed by atoms with Gasteiger partial charge in [-0.05, 0) is 115 Å². The van der Waals surface area contributed by atoms with E-state index in [1.165, 1.54) is 13.8 Å². The number of aliphatic hydroxyl groups excluding tert-OH is 2. The van der Waals surface area contributed by atoms with Gasteiger partial charge in [0.25, 0.3) is 0 Å². The Labute approximate surface area is 501 Å². The Morgan fingerprint density at radius 2 is 1.19 bits per heavy atom.